The third-order valence-corrected chi connectivity index (χ3v) is 7.81. The van der Waals surface area contributed by atoms with Gasteiger partial charge < -0.3 is 9.64 Å². The predicted molar refractivity (Wildman–Crippen MR) is 115 cm³/mol. The second-order valence-electron chi connectivity index (χ2n) is 8.68. The van der Waals surface area contributed by atoms with E-state index in [0.717, 1.165) is 18.4 Å². The molecule has 3 rings (SSSR count). The van der Waals surface area contributed by atoms with Crippen LogP contribution in [0.3, 0.4) is 0 Å². The number of amides is 3. The van der Waals surface area contributed by atoms with Crippen LogP contribution < -0.4 is 10.1 Å². The molecule has 1 aliphatic heterocycles. The van der Waals surface area contributed by atoms with Gasteiger partial charge in [-0.15, -0.1) is 0 Å². The Hall–Kier alpha value is -2.16. The van der Waals surface area contributed by atoms with Gasteiger partial charge in [-0.05, 0) is 62.1 Å². The molecular formula is C22H31FN2O5S. The zero-order valence-corrected chi connectivity index (χ0v) is 18.9. The quantitative estimate of drug-likeness (QED) is 0.387. The smallest absolute Gasteiger partial charge is 0.324 e. The van der Waals surface area contributed by atoms with E-state index >= 15 is 0 Å². The SMILES string of the molecule is C[C@@H](CS(=O)(=O)CCCCCN1C(=O)NC(=O)[C@@H]1C)c1ccc(F)c(OCC2CC2)c1. The van der Waals surface area contributed by atoms with Crippen LogP contribution in [0.25, 0.3) is 0 Å². The zero-order chi connectivity index (χ0) is 22.6. The largest absolute Gasteiger partial charge is 0.490 e. The van der Waals surface area contributed by atoms with Crippen molar-refractivity contribution in [2.45, 2.75) is 57.9 Å². The molecule has 0 radical (unpaired) electrons. The van der Waals surface area contributed by atoms with E-state index in [0.29, 0.717) is 38.3 Å². The lowest BCUT2D eigenvalue weighted by molar-refractivity contribution is -0.121. The van der Waals surface area contributed by atoms with E-state index in [-0.39, 0.29) is 29.1 Å². The zero-order valence-electron chi connectivity index (χ0n) is 18.1. The van der Waals surface area contributed by atoms with Crippen LogP contribution in [0.4, 0.5) is 9.18 Å². The fourth-order valence-electron chi connectivity index (χ4n) is 3.66. The number of benzene rings is 1. The molecule has 31 heavy (non-hydrogen) atoms. The normalized spacial score (nSPS) is 20.1. The van der Waals surface area contributed by atoms with E-state index in [4.69, 9.17) is 4.74 Å². The number of sulfone groups is 1. The van der Waals surface area contributed by atoms with Crippen molar-refractivity contribution in [2.75, 3.05) is 24.7 Å². The van der Waals surface area contributed by atoms with Crippen molar-refractivity contribution in [3.63, 3.8) is 0 Å². The van der Waals surface area contributed by atoms with Crippen molar-refractivity contribution in [2.24, 2.45) is 5.92 Å². The van der Waals surface area contributed by atoms with Gasteiger partial charge in [0.1, 0.15) is 6.04 Å². The molecule has 3 amide bonds. The fourth-order valence-corrected chi connectivity index (χ4v) is 5.43. The standard InChI is InChI=1S/C22H31FN2O5S/c1-15(18-8-9-19(23)20(12-18)30-13-17-6-7-17)14-31(28,29)11-5-3-4-10-25-16(2)21(26)24-22(25)27/h8-9,12,15-17H,3-7,10-11,13-14H2,1-2H3,(H,24,26,27)/t15-,16-/m0/s1. The summed E-state index contributed by atoms with van der Waals surface area (Å²) < 4.78 is 44.6. The molecule has 7 nitrogen and oxygen atoms in total. The van der Waals surface area contributed by atoms with Gasteiger partial charge in [-0.25, -0.2) is 17.6 Å². The maximum absolute atomic E-state index is 14.0. The number of ether oxygens (including phenoxy) is 1. The Morgan fingerprint density at radius 2 is 1.97 bits per heavy atom. The monoisotopic (exact) mass is 454 g/mol. The van der Waals surface area contributed by atoms with Gasteiger partial charge in [0.05, 0.1) is 18.1 Å². The first-order chi connectivity index (χ1) is 14.7. The molecule has 1 aromatic carbocycles. The van der Waals surface area contributed by atoms with Gasteiger partial charge in [0.2, 0.25) is 0 Å². The van der Waals surface area contributed by atoms with Gasteiger partial charge in [0, 0.05) is 6.54 Å². The Labute approximate surface area is 183 Å². The summed E-state index contributed by atoms with van der Waals surface area (Å²) in [6.45, 7) is 4.41. The van der Waals surface area contributed by atoms with Gasteiger partial charge in [0.15, 0.2) is 21.4 Å². The topological polar surface area (TPSA) is 92.8 Å². The second kappa shape index (κ2) is 9.97. The van der Waals surface area contributed by atoms with Gasteiger partial charge in [-0.3, -0.25) is 10.1 Å². The molecule has 1 aromatic rings. The number of rotatable bonds is 12. The first-order valence-corrected chi connectivity index (χ1v) is 12.7. The Balaban J connectivity index is 1.43. The van der Waals surface area contributed by atoms with E-state index in [9.17, 15) is 22.4 Å². The van der Waals surface area contributed by atoms with Crippen LogP contribution >= 0.6 is 0 Å². The predicted octanol–water partition coefficient (Wildman–Crippen LogP) is 3.24. The molecule has 2 fully saturated rings. The van der Waals surface area contributed by atoms with Gasteiger partial charge in [-0.1, -0.05) is 19.4 Å². The molecule has 0 aromatic heterocycles. The molecule has 1 N–H and O–H groups in total. The number of urea groups is 1. The fraction of sp³-hybridized carbons (Fsp3) is 0.636. The van der Waals surface area contributed by atoms with Crippen LogP contribution in [-0.4, -0.2) is 56.0 Å². The van der Waals surface area contributed by atoms with E-state index in [1.54, 1.807) is 19.1 Å². The van der Waals surface area contributed by atoms with Crippen molar-refractivity contribution in [1.29, 1.82) is 0 Å². The van der Waals surface area contributed by atoms with E-state index in [2.05, 4.69) is 5.32 Å². The van der Waals surface area contributed by atoms with E-state index in [1.807, 2.05) is 6.92 Å². The highest BCUT2D eigenvalue weighted by atomic mass is 32.2. The van der Waals surface area contributed by atoms with Crippen LogP contribution in [0.2, 0.25) is 0 Å². The van der Waals surface area contributed by atoms with Crippen molar-refractivity contribution in [3.05, 3.63) is 29.6 Å². The highest BCUT2D eigenvalue weighted by molar-refractivity contribution is 7.91. The van der Waals surface area contributed by atoms with Crippen LogP contribution in [-0.2, 0) is 14.6 Å². The lowest BCUT2D eigenvalue weighted by Crippen LogP contribution is -2.33. The van der Waals surface area contributed by atoms with Gasteiger partial charge >= 0.3 is 6.03 Å². The van der Waals surface area contributed by atoms with Crippen molar-refractivity contribution in [3.8, 4) is 5.75 Å². The molecule has 0 unspecified atom stereocenters. The first kappa shape index (κ1) is 23.5. The molecule has 2 atom stereocenters. The molecular weight excluding hydrogens is 423 g/mol. The molecule has 1 heterocycles. The van der Waals surface area contributed by atoms with Crippen molar-refractivity contribution in [1.82, 2.24) is 10.2 Å². The summed E-state index contributed by atoms with van der Waals surface area (Å²) in [5.41, 5.74) is 0.745. The summed E-state index contributed by atoms with van der Waals surface area (Å²) in [7, 11) is -3.28. The number of nitrogens with one attached hydrogen (secondary N) is 1. The molecule has 1 aliphatic carbocycles. The lowest BCUT2D eigenvalue weighted by Gasteiger charge is -2.18. The number of hydrogen-bond acceptors (Lipinski definition) is 5. The average molecular weight is 455 g/mol. The number of imide groups is 1. The Morgan fingerprint density at radius 3 is 2.61 bits per heavy atom. The summed E-state index contributed by atoms with van der Waals surface area (Å²) in [5.74, 6) is -0.262. The minimum Gasteiger partial charge on any atom is -0.490 e. The van der Waals surface area contributed by atoms with Gasteiger partial charge in [-0.2, -0.15) is 0 Å². The maximum Gasteiger partial charge on any atom is 0.324 e. The van der Waals surface area contributed by atoms with Crippen LogP contribution in [0.1, 0.15) is 57.4 Å². The summed E-state index contributed by atoms with van der Waals surface area (Å²) in [5, 5.41) is 2.26. The number of carbonyl (C=O) groups is 2. The second-order valence-corrected chi connectivity index (χ2v) is 10.9. The average Bonchev–Trinajstić information content (AvgIpc) is 3.49. The van der Waals surface area contributed by atoms with E-state index in [1.165, 1.54) is 11.0 Å². The van der Waals surface area contributed by atoms with E-state index < -0.39 is 27.7 Å². The van der Waals surface area contributed by atoms with Crippen LogP contribution in [0, 0.1) is 11.7 Å². The van der Waals surface area contributed by atoms with Gasteiger partial charge in [0.25, 0.3) is 5.91 Å². The minimum atomic E-state index is -3.28. The number of nitrogens with zero attached hydrogens (tertiary/aromatic N) is 1. The molecule has 0 bridgehead atoms. The summed E-state index contributed by atoms with van der Waals surface area (Å²) in [4.78, 5) is 24.6. The highest BCUT2D eigenvalue weighted by Crippen LogP contribution is 2.31. The first-order valence-electron chi connectivity index (χ1n) is 10.9. The van der Waals surface area contributed by atoms with Crippen LogP contribution in [0.5, 0.6) is 5.75 Å². The molecule has 1 saturated heterocycles. The Morgan fingerprint density at radius 1 is 1.23 bits per heavy atom. The number of halogens is 1. The molecule has 172 valence electrons. The molecule has 9 heteroatoms. The third-order valence-electron chi connectivity index (χ3n) is 5.89. The third kappa shape index (κ3) is 6.66. The highest BCUT2D eigenvalue weighted by Gasteiger charge is 2.34. The van der Waals surface area contributed by atoms with Crippen molar-refractivity contribution < 1.29 is 27.1 Å². The Bertz CT molecular complexity index is 916. The maximum atomic E-state index is 14.0. The molecule has 1 saturated carbocycles. The van der Waals surface area contributed by atoms with Crippen molar-refractivity contribution >= 4 is 21.8 Å². The lowest BCUT2D eigenvalue weighted by atomic mass is 10.0. The number of unbranched alkanes of at least 4 members (excludes halogenated alkanes) is 2. The number of hydrogen-bond donors (Lipinski definition) is 1. The molecule has 0 spiro atoms. The number of carbonyl (C=O) groups excluding carboxylic acids is 2. The van der Waals surface area contributed by atoms with Crippen LogP contribution in [0.15, 0.2) is 18.2 Å². The minimum absolute atomic E-state index is 0.0131. The summed E-state index contributed by atoms with van der Waals surface area (Å²) in [6.07, 6.45) is 3.99. The summed E-state index contributed by atoms with van der Waals surface area (Å²) >= 11 is 0. The Kier molecular flexibility index (Phi) is 7.56. The summed E-state index contributed by atoms with van der Waals surface area (Å²) in [6, 6.07) is 3.69. The molecule has 2 aliphatic rings.